The fourth-order valence-electron chi connectivity index (χ4n) is 3.73. The van der Waals surface area contributed by atoms with Crippen molar-refractivity contribution in [1.82, 2.24) is 10.6 Å². The topological polar surface area (TPSA) is 24.1 Å². The van der Waals surface area contributed by atoms with Crippen LogP contribution in [0.5, 0.6) is 0 Å². The van der Waals surface area contributed by atoms with E-state index >= 15 is 0 Å². The number of nitrogens with one attached hydrogen (secondary N) is 2. The van der Waals surface area contributed by atoms with Gasteiger partial charge in [-0.25, -0.2) is 0 Å². The van der Waals surface area contributed by atoms with Crippen LogP contribution < -0.4 is 10.6 Å². The maximum Gasteiger partial charge on any atom is 0.00951 e. The van der Waals surface area contributed by atoms with E-state index in [-0.39, 0.29) is 0 Å². The normalized spacial score (nSPS) is 36.0. The third-order valence-electron chi connectivity index (χ3n) is 4.91. The van der Waals surface area contributed by atoms with Gasteiger partial charge in [-0.15, -0.1) is 0 Å². The first-order chi connectivity index (χ1) is 8.75. The lowest BCUT2D eigenvalue weighted by Crippen LogP contribution is -2.45. The number of hydrogen-bond donors (Lipinski definition) is 2. The lowest BCUT2D eigenvalue weighted by molar-refractivity contribution is 0.288. The highest BCUT2D eigenvalue weighted by Gasteiger charge is 2.23. The first-order valence-electron chi connectivity index (χ1n) is 8.25. The molecule has 2 rings (SSSR count). The SMILES string of the molecule is CC(CC1CCCCN1)NC1CCCCCC1C. The van der Waals surface area contributed by atoms with Gasteiger partial charge in [0, 0.05) is 18.1 Å². The standard InChI is InChI=1S/C16H32N2/c1-13-8-4-3-5-10-16(13)18-14(2)12-15-9-6-7-11-17-15/h13-18H,3-12H2,1-2H3. The van der Waals surface area contributed by atoms with Crippen LogP contribution in [-0.2, 0) is 0 Å². The Kier molecular flexibility index (Phi) is 5.97. The van der Waals surface area contributed by atoms with E-state index in [2.05, 4.69) is 24.5 Å². The van der Waals surface area contributed by atoms with Gasteiger partial charge in [0.25, 0.3) is 0 Å². The lowest BCUT2D eigenvalue weighted by Gasteiger charge is -2.31. The lowest BCUT2D eigenvalue weighted by atomic mass is 9.94. The average molecular weight is 252 g/mol. The van der Waals surface area contributed by atoms with Crippen molar-refractivity contribution in [2.45, 2.75) is 89.8 Å². The molecular weight excluding hydrogens is 220 g/mol. The second-order valence-corrected chi connectivity index (χ2v) is 6.67. The van der Waals surface area contributed by atoms with Crippen LogP contribution in [0.2, 0.25) is 0 Å². The maximum atomic E-state index is 3.92. The molecule has 1 heterocycles. The third kappa shape index (κ3) is 4.55. The average Bonchev–Trinajstić information content (AvgIpc) is 2.56. The van der Waals surface area contributed by atoms with Crippen molar-refractivity contribution in [3.63, 3.8) is 0 Å². The van der Waals surface area contributed by atoms with Gasteiger partial charge in [0.05, 0.1) is 0 Å². The highest BCUT2D eigenvalue weighted by Crippen LogP contribution is 2.24. The van der Waals surface area contributed by atoms with Crippen LogP contribution in [0, 0.1) is 5.92 Å². The Hall–Kier alpha value is -0.0800. The molecule has 2 fully saturated rings. The molecule has 18 heavy (non-hydrogen) atoms. The molecule has 0 bridgehead atoms. The van der Waals surface area contributed by atoms with E-state index in [9.17, 15) is 0 Å². The number of rotatable bonds is 4. The van der Waals surface area contributed by atoms with Crippen molar-refractivity contribution in [2.75, 3.05) is 6.54 Å². The van der Waals surface area contributed by atoms with Crippen LogP contribution in [0.4, 0.5) is 0 Å². The second-order valence-electron chi connectivity index (χ2n) is 6.67. The van der Waals surface area contributed by atoms with E-state index in [4.69, 9.17) is 0 Å². The predicted octanol–water partition coefficient (Wildman–Crippen LogP) is 3.47. The molecule has 1 aliphatic carbocycles. The maximum absolute atomic E-state index is 3.92. The van der Waals surface area contributed by atoms with Crippen LogP contribution in [-0.4, -0.2) is 24.7 Å². The van der Waals surface area contributed by atoms with Crippen LogP contribution >= 0.6 is 0 Å². The van der Waals surface area contributed by atoms with Crippen molar-refractivity contribution in [2.24, 2.45) is 5.92 Å². The molecule has 2 aliphatic rings. The molecule has 0 radical (unpaired) electrons. The van der Waals surface area contributed by atoms with E-state index in [0.717, 1.165) is 18.0 Å². The van der Waals surface area contributed by atoms with Crippen molar-refractivity contribution >= 4 is 0 Å². The Balaban J connectivity index is 1.72. The zero-order chi connectivity index (χ0) is 12.8. The minimum absolute atomic E-state index is 0.672. The van der Waals surface area contributed by atoms with Gasteiger partial charge < -0.3 is 10.6 Å². The predicted molar refractivity (Wildman–Crippen MR) is 78.9 cm³/mol. The molecule has 1 saturated heterocycles. The summed E-state index contributed by atoms with van der Waals surface area (Å²) in [5, 5.41) is 7.59. The van der Waals surface area contributed by atoms with E-state index in [1.54, 1.807) is 0 Å². The van der Waals surface area contributed by atoms with E-state index in [0.29, 0.717) is 6.04 Å². The Bertz CT molecular complexity index is 223. The molecule has 0 aromatic heterocycles. The van der Waals surface area contributed by atoms with Gasteiger partial charge in [0.15, 0.2) is 0 Å². The quantitative estimate of drug-likeness (QED) is 0.749. The van der Waals surface area contributed by atoms with Gasteiger partial charge in [-0.05, 0) is 51.5 Å². The summed E-state index contributed by atoms with van der Waals surface area (Å²) in [4.78, 5) is 0. The summed E-state index contributed by atoms with van der Waals surface area (Å²) in [5.74, 6) is 0.870. The first kappa shape index (κ1) is 14.3. The summed E-state index contributed by atoms with van der Waals surface area (Å²) < 4.78 is 0. The summed E-state index contributed by atoms with van der Waals surface area (Å²) in [7, 11) is 0. The van der Waals surface area contributed by atoms with E-state index < -0.39 is 0 Å². The van der Waals surface area contributed by atoms with Gasteiger partial charge in [-0.2, -0.15) is 0 Å². The summed E-state index contributed by atoms with van der Waals surface area (Å²) in [6.45, 7) is 6.06. The molecule has 106 valence electrons. The number of piperidine rings is 1. The Morgan fingerprint density at radius 1 is 1.06 bits per heavy atom. The third-order valence-corrected chi connectivity index (χ3v) is 4.91. The highest BCUT2D eigenvalue weighted by molar-refractivity contribution is 4.82. The molecule has 4 atom stereocenters. The summed E-state index contributed by atoms with van der Waals surface area (Å²) in [6, 6.07) is 2.21. The van der Waals surface area contributed by atoms with E-state index in [1.165, 1.54) is 64.3 Å². The van der Waals surface area contributed by atoms with Crippen LogP contribution in [0.25, 0.3) is 0 Å². The van der Waals surface area contributed by atoms with Gasteiger partial charge in [0.1, 0.15) is 0 Å². The summed E-state index contributed by atoms with van der Waals surface area (Å²) in [5.41, 5.74) is 0. The highest BCUT2D eigenvalue weighted by atomic mass is 15.0. The summed E-state index contributed by atoms with van der Waals surface area (Å²) >= 11 is 0. The molecular formula is C16H32N2. The molecule has 0 spiro atoms. The second kappa shape index (κ2) is 7.49. The van der Waals surface area contributed by atoms with Crippen molar-refractivity contribution in [3.8, 4) is 0 Å². The molecule has 2 heteroatoms. The van der Waals surface area contributed by atoms with Crippen molar-refractivity contribution in [3.05, 3.63) is 0 Å². The molecule has 0 amide bonds. The molecule has 4 unspecified atom stereocenters. The van der Waals surface area contributed by atoms with Gasteiger partial charge >= 0.3 is 0 Å². The zero-order valence-corrected chi connectivity index (χ0v) is 12.4. The Morgan fingerprint density at radius 2 is 1.83 bits per heavy atom. The monoisotopic (exact) mass is 252 g/mol. The minimum Gasteiger partial charge on any atom is -0.314 e. The Labute approximate surface area is 113 Å². The molecule has 1 saturated carbocycles. The molecule has 2 nitrogen and oxygen atoms in total. The van der Waals surface area contributed by atoms with Crippen LogP contribution in [0.15, 0.2) is 0 Å². The van der Waals surface area contributed by atoms with Gasteiger partial charge in [-0.3, -0.25) is 0 Å². The van der Waals surface area contributed by atoms with Crippen molar-refractivity contribution in [1.29, 1.82) is 0 Å². The van der Waals surface area contributed by atoms with E-state index in [1.807, 2.05) is 0 Å². The fraction of sp³-hybridized carbons (Fsp3) is 1.00. The molecule has 2 N–H and O–H groups in total. The molecule has 0 aromatic carbocycles. The molecule has 0 aromatic rings. The number of hydrogen-bond acceptors (Lipinski definition) is 2. The largest absolute Gasteiger partial charge is 0.314 e. The van der Waals surface area contributed by atoms with Crippen LogP contribution in [0.3, 0.4) is 0 Å². The summed E-state index contributed by atoms with van der Waals surface area (Å²) in [6.07, 6.45) is 12.6. The zero-order valence-electron chi connectivity index (χ0n) is 12.4. The Morgan fingerprint density at radius 3 is 2.61 bits per heavy atom. The molecule has 1 aliphatic heterocycles. The van der Waals surface area contributed by atoms with Crippen LogP contribution in [0.1, 0.15) is 71.6 Å². The van der Waals surface area contributed by atoms with Gasteiger partial charge in [-0.1, -0.05) is 32.6 Å². The van der Waals surface area contributed by atoms with Crippen molar-refractivity contribution < 1.29 is 0 Å². The smallest absolute Gasteiger partial charge is 0.00951 e. The fourth-order valence-corrected chi connectivity index (χ4v) is 3.73. The minimum atomic E-state index is 0.672. The first-order valence-corrected chi connectivity index (χ1v) is 8.25. The van der Waals surface area contributed by atoms with Gasteiger partial charge in [0.2, 0.25) is 0 Å².